The van der Waals surface area contributed by atoms with E-state index >= 15 is 0 Å². The zero-order valence-electron chi connectivity index (χ0n) is 11.4. The molecule has 0 aliphatic carbocycles. The van der Waals surface area contributed by atoms with Crippen molar-refractivity contribution in [2.45, 2.75) is 46.1 Å². The molecule has 18 heavy (non-hydrogen) atoms. The van der Waals surface area contributed by atoms with Gasteiger partial charge in [-0.3, -0.25) is 0 Å². The zero-order chi connectivity index (χ0) is 14.2. The third-order valence-corrected chi connectivity index (χ3v) is 2.60. The molecule has 0 radical (unpaired) electrons. The number of amides is 1. The van der Waals surface area contributed by atoms with E-state index < -0.39 is 18.1 Å². The van der Waals surface area contributed by atoms with Crippen LogP contribution in [0.5, 0.6) is 0 Å². The van der Waals surface area contributed by atoms with E-state index in [4.69, 9.17) is 9.84 Å². The smallest absolute Gasteiger partial charge is 0.407 e. The summed E-state index contributed by atoms with van der Waals surface area (Å²) in [5, 5.41) is 11.4. The van der Waals surface area contributed by atoms with Gasteiger partial charge >= 0.3 is 12.1 Å². The second-order valence-electron chi connectivity index (χ2n) is 4.92. The predicted molar refractivity (Wildman–Crippen MR) is 69.4 cm³/mol. The van der Waals surface area contributed by atoms with Gasteiger partial charge in [0, 0.05) is 0 Å². The number of ether oxygens (including phenoxy) is 1. The maximum absolute atomic E-state index is 11.4. The summed E-state index contributed by atoms with van der Waals surface area (Å²) in [6.07, 6.45) is 2.94. The molecule has 0 aromatic rings. The van der Waals surface area contributed by atoms with Crippen molar-refractivity contribution in [1.29, 1.82) is 0 Å². The van der Waals surface area contributed by atoms with E-state index in [1.54, 1.807) is 6.08 Å². The van der Waals surface area contributed by atoms with Gasteiger partial charge in [-0.1, -0.05) is 33.3 Å². The lowest BCUT2D eigenvalue weighted by molar-refractivity contribution is -0.140. The minimum absolute atomic E-state index is 0.273. The molecular formula is C13H23NO4. The molecule has 0 saturated heterocycles. The van der Waals surface area contributed by atoms with Gasteiger partial charge in [-0.2, -0.15) is 0 Å². The van der Waals surface area contributed by atoms with Crippen LogP contribution in [0.25, 0.3) is 0 Å². The molecule has 0 bridgehead atoms. The SMILES string of the molecule is C=CC(C)(C)CC(NC(=O)OCCCC)C(=O)O. The van der Waals surface area contributed by atoms with Gasteiger partial charge in [0.15, 0.2) is 0 Å². The van der Waals surface area contributed by atoms with E-state index in [9.17, 15) is 9.59 Å². The van der Waals surface area contributed by atoms with Gasteiger partial charge in [0.2, 0.25) is 0 Å². The van der Waals surface area contributed by atoms with Gasteiger partial charge in [0.25, 0.3) is 0 Å². The summed E-state index contributed by atoms with van der Waals surface area (Å²) in [5.41, 5.74) is -0.361. The van der Waals surface area contributed by atoms with Crippen molar-refractivity contribution in [2.75, 3.05) is 6.61 Å². The molecule has 0 aromatic carbocycles. The summed E-state index contributed by atoms with van der Waals surface area (Å²) < 4.78 is 4.87. The van der Waals surface area contributed by atoms with Crippen molar-refractivity contribution in [3.63, 3.8) is 0 Å². The van der Waals surface area contributed by atoms with Crippen LogP contribution in [0.2, 0.25) is 0 Å². The molecule has 0 heterocycles. The zero-order valence-corrected chi connectivity index (χ0v) is 11.4. The average molecular weight is 257 g/mol. The minimum Gasteiger partial charge on any atom is -0.480 e. The second kappa shape index (κ2) is 7.74. The van der Waals surface area contributed by atoms with Crippen molar-refractivity contribution in [3.8, 4) is 0 Å². The van der Waals surface area contributed by atoms with Crippen LogP contribution >= 0.6 is 0 Å². The van der Waals surface area contributed by atoms with Crippen LogP contribution in [0.4, 0.5) is 4.79 Å². The van der Waals surface area contributed by atoms with E-state index in [1.807, 2.05) is 20.8 Å². The Labute approximate surface area is 108 Å². The molecule has 0 aliphatic heterocycles. The van der Waals surface area contributed by atoms with Crippen LogP contribution in [-0.2, 0) is 9.53 Å². The third kappa shape index (κ3) is 6.93. The Morgan fingerprint density at radius 2 is 2.11 bits per heavy atom. The van der Waals surface area contributed by atoms with Crippen molar-refractivity contribution in [2.24, 2.45) is 5.41 Å². The number of hydrogen-bond acceptors (Lipinski definition) is 3. The molecule has 0 aromatic heterocycles. The number of alkyl carbamates (subject to hydrolysis) is 1. The first kappa shape index (κ1) is 16.5. The number of rotatable bonds is 8. The molecule has 0 saturated carbocycles. The number of carboxylic acid groups (broad SMARTS) is 1. The van der Waals surface area contributed by atoms with E-state index in [-0.39, 0.29) is 11.8 Å². The number of unbranched alkanes of at least 4 members (excludes halogenated alkanes) is 1. The molecule has 0 aliphatic rings. The number of nitrogens with one attached hydrogen (secondary N) is 1. The van der Waals surface area contributed by atoms with Gasteiger partial charge in [0.05, 0.1) is 6.61 Å². The molecule has 5 heteroatoms. The van der Waals surface area contributed by atoms with Gasteiger partial charge in [-0.15, -0.1) is 6.58 Å². The molecular weight excluding hydrogens is 234 g/mol. The van der Waals surface area contributed by atoms with Crippen LogP contribution in [-0.4, -0.2) is 29.8 Å². The highest BCUT2D eigenvalue weighted by molar-refractivity contribution is 5.79. The number of aliphatic carboxylic acids is 1. The van der Waals surface area contributed by atoms with Gasteiger partial charge in [-0.25, -0.2) is 9.59 Å². The number of carbonyl (C=O) groups excluding carboxylic acids is 1. The first-order valence-electron chi connectivity index (χ1n) is 6.12. The lowest BCUT2D eigenvalue weighted by Crippen LogP contribution is -2.43. The van der Waals surface area contributed by atoms with Crippen molar-refractivity contribution in [1.82, 2.24) is 5.32 Å². The van der Waals surface area contributed by atoms with E-state index in [1.165, 1.54) is 0 Å². The summed E-state index contributed by atoms with van der Waals surface area (Å²) in [5.74, 6) is -1.07. The standard InChI is InChI=1S/C13H23NO4/c1-5-7-8-18-12(17)14-10(11(15)16)9-13(3,4)6-2/h6,10H,2,5,7-9H2,1,3-4H3,(H,14,17)(H,15,16). The lowest BCUT2D eigenvalue weighted by atomic mass is 9.86. The fourth-order valence-corrected chi connectivity index (χ4v) is 1.30. The van der Waals surface area contributed by atoms with Crippen LogP contribution < -0.4 is 5.32 Å². The summed E-state index contributed by atoms with van der Waals surface area (Å²) in [6, 6.07) is -0.966. The summed E-state index contributed by atoms with van der Waals surface area (Å²) in [6.45, 7) is 9.66. The summed E-state index contributed by atoms with van der Waals surface area (Å²) >= 11 is 0. The highest BCUT2D eigenvalue weighted by atomic mass is 16.5. The summed E-state index contributed by atoms with van der Waals surface area (Å²) in [7, 11) is 0. The number of allylic oxidation sites excluding steroid dienone is 1. The van der Waals surface area contributed by atoms with Crippen LogP contribution in [0.3, 0.4) is 0 Å². The Bertz CT molecular complexity index is 299. The molecule has 1 amide bonds. The summed E-state index contributed by atoms with van der Waals surface area (Å²) in [4.78, 5) is 22.4. The topological polar surface area (TPSA) is 75.6 Å². The van der Waals surface area contributed by atoms with Crippen LogP contribution in [0, 0.1) is 5.41 Å². The van der Waals surface area contributed by atoms with E-state index in [2.05, 4.69) is 11.9 Å². The largest absolute Gasteiger partial charge is 0.480 e. The van der Waals surface area contributed by atoms with Crippen LogP contribution in [0.1, 0.15) is 40.0 Å². The first-order chi connectivity index (χ1) is 8.32. The Balaban J connectivity index is 4.32. The Morgan fingerprint density at radius 1 is 1.50 bits per heavy atom. The first-order valence-corrected chi connectivity index (χ1v) is 6.12. The van der Waals surface area contributed by atoms with Crippen molar-refractivity contribution < 1.29 is 19.4 Å². The lowest BCUT2D eigenvalue weighted by Gasteiger charge is -2.24. The molecule has 2 N–H and O–H groups in total. The maximum Gasteiger partial charge on any atom is 0.407 e. The second-order valence-corrected chi connectivity index (χ2v) is 4.92. The Hall–Kier alpha value is -1.52. The Morgan fingerprint density at radius 3 is 2.56 bits per heavy atom. The van der Waals surface area contributed by atoms with Gasteiger partial charge < -0.3 is 15.2 Å². The fraction of sp³-hybridized carbons (Fsp3) is 0.692. The molecule has 1 unspecified atom stereocenters. The molecule has 104 valence electrons. The molecule has 0 spiro atoms. The average Bonchev–Trinajstić information content (AvgIpc) is 2.28. The van der Waals surface area contributed by atoms with Gasteiger partial charge in [-0.05, 0) is 18.3 Å². The van der Waals surface area contributed by atoms with E-state index in [0.29, 0.717) is 6.61 Å². The minimum atomic E-state index is -1.07. The highest BCUT2D eigenvalue weighted by Gasteiger charge is 2.27. The van der Waals surface area contributed by atoms with Crippen molar-refractivity contribution in [3.05, 3.63) is 12.7 Å². The maximum atomic E-state index is 11.4. The molecule has 0 rings (SSSR count). The van der Waals surface area contributed by atoms with Crippen molar-refractivity contribution >= 4 is 12.1 Å². The third-order valence-electron chi connectivity index (χ3n) is 2.60. The Kier molecular flexibility index (Phi) is 7.08. The monoisotopic (exact) mass is 257 g/mol. The van der Waals surface area contributed by atoms with Crippen LogP contribution in [0.15, 0.2) is 12.7 Å². The normalized spacial score (nSPS) is 12.6. The number of carbonyl (C=O) groups is 2. The fourth-order valence-electron chi connectivity index (χ4n) is 1.30. The van der Waals surface area contributed by atoms with E-state index in [0.717, 1.165) is 12.8 Å². The number of carboxylic acids is 1. The number of hydrogen-bond donors (Lipinski definition) is 2. The quantitative estimate of drug-likeness (QED) is 0.517. The predicted octanol–water partition coefficient (Wildman–Crippen LogP) is 2.57. The highest BCUT2D eigenvalue weighted by Crippen LogP contribution is 2.23. The molecule has 1 atom stereocenters. The van der Waals surface area contributed by atoms with Gasteiger partial charge in [0.1, 0.15) is 6.04 Å². The molecule has 5 nitrogen and oxygen atoms in total. The molecule has 0 fully saturated rings.